The van der Waals surface area contributed by atoms with E-state index in [9.17, 15) is 0 Å². The Morgan fingerprint density at radius 1 is 0.340 bits per heavy atom. The lowest BCUT2D eigenvalue weighted by Gasteiger charge is -2.22. The van der Waals surface area contributed by atoms with Crippen molar-refractivity contribution in [1.29, 1.82) is 0 Å². The van der Waals surface area contributed by atoms with Crippen LogP contribution in [-0.2, 0) is 5.41 Å². The molecular formula is C51H36N2. The molecule has 0 N–H and O–H groups in total. The summed E-state index contributed by atoms with van der Waals surface area (Å²) in [6, 6.07) is 67.1. The van der Waals surface area contributed by atoms with Gasteiger partial charge in [0.15, 0.2) is 0 Å². The minimum Gasteiger partial charge on any atom is -0.309 e. The molecule has 0 radical (unpaired) electrons. The zero-order chi connectivity index (χ0) is 35.3. The van der Waals surface area contributed by atoms with Gasteiger partial charge in [-0.3, -0.25) is 0 Å². The summed E-state index contributed by atoms with van der Waals surface area (Å²) in [5.74, 6) is 0. The standard InChI is InChI=1S/C51H36N2/c1-51(2)44-22-12-9-19-37(44)41-31-43-39-21-11-14-24-47(39)53(50(43)32-45(41)51)48-28-26-36(30-40(48)34-17-7-4-8-18-34)52-46-23-13-10-20-38(46)42-29-35(25-27-49(42)52)33-15-5-3-6-16-33/h3-32H,1-2H3. The predicted molar refractivity (Wildman–Crippen MR) is 224 cm³/mol. The van der Waals surface area contributed by atoms with Crippen molar-refractivity contribution >= 4 is 43.6 Å². The van der Waals surface area contributed by atoms with Crippen LogP contribution in [0.5, 0.6) is 0 Å². The second-order valence-electron chi connectivity index (χ2n) is 15.0. The molecule has 2 heterocycles. The molecule has 0 saturated carbocycles. The molecule has 0 atom stereocenters. The van der Waals surface area contributed by atoms with Gasteiger partial charge in [-0.15, -0.1) is 0 Å². The van der Waals surface area contributed by atoms with Crippen LogP contribution in [0.25, 0.3) is 88.4 Å². The smallest absolute Gasteiger partial charge is 0.0544 e. The van der Waals surface area contributed by atoms with Crippen LogP contribution in [0.1, 0.15) is 25.0 Å². The van der Waals surface area contributed by atoms with E-state index in [0.717, 1.165) is 5.69 Å². The molecule has 2 aromatic heterocycles. The van der Waals surface area contributed by atoms with Crippen LogP contribution in [0.2, 0.25) is 0 Å². The number of nitrogens with zero attached hydrogens (tertiary/aromatic N) is 2. The third-order valence-corrected chi connectivity index (χ3v) is 11.7. The summed E-state index contributed by atoms with van der Waals surface area (Å²) in [7, 11) is 0. The molecule has 0 aliphatic heterocycles. The predicted octanol–water partition coefficient (Wildman–Crippen LogP) is 13.5. The summed E-state index contributed by atoms with van der Waals surface area (Å²) in [4.78, 5) is 0. The minimum absolute atomic E-state index is 0.0928. The van der Waals surface area contributed by atoms with Gasteiger partial charge in [-0.1, -0.05) is 141 Å². The molecule has 2 nitrogen and oxygen atoms in total. The molecule has 0 spiro atoms. The van der Waals surface area contributed by atoms with Gasteiger partial charge in [0.25, 0.3) is 0 Å². The number of para-hydroxylation sites is 2. The molecule has 2 heteroatoms. The highest BCUT2D eigenvalue weighted by atomic mass is 15.0. The van der Waals surface area contributed by atoms with Crippen molar-refractivity contribution in [2.45, 2.75) is 19.3 Å². The van der Waals surface area contributed by atoms with E-state index in [1.807, 2.05) is 0 Å². The zero-order valence-electron chi connectivity index (χ0n) is 29.7. The fourth-order valence-corrected chi connectivity index (χ4v) is 9.19. The summed E-state index contributed by atoms with van der Waals surface area (Å²) >= 11 is 0. The molecule has 0 saturated heterocycles. The molecule has 8 aromatic carbocycles. The highest BCUT2D eigenvalue weighted by Gasteiger charge is 2.36. The van der Waals surface area contributed by atoms with Crippen LogP contribution < -0.4 is 0 Å². The Morgan fingerprint density at radius 2 is 0.943 bits per heavy atom. The van der Waals surface area contributed by atoms with E-state index in [2.05, 4.69) is 205 Å². The summed E-state index contributed by atoms with van der Waals surface area (Å²) < 4.78 is 4.95. The van der Waals surface area contributed by atoms with Crippen molar-refractivity contribution in [1.82, 2.24) is 9.13 Å². The molecule has 0 amide bonds. The summed E-state index contributed by atoms with van der Waals surface area (Å²) in [6.45, 7) is 4.74. The number of hydrogen-bond acceptors (Lipinski definition) is 0. The van der Waals surface area contributed by atoms with E-state index in [1.54, 1.807) is 0 Å². The van der Waals surface area contributed by atoms with Crippen LogP contribution in [-0.4, -0.2) is 9.13 Å². The largest absolute Gasteiger partial charge is 0.309 e. The Kier molecular flexibility index (Phi) is 6.33. The summed E-state index contributed by atoms with van der Waals surface area (Å²) in [5, 5.41) is 5.07. The Balaban J connectivity index is 1.18. The molecule has 1 aliphatic carbocycles. The van der Waals surface area contributed by atoms with Crippen molar-refractivity contribution in [3.63, 3.8) is 0 Å². The number of aromatic nitrogens is 2. The first-order chi connectivity index (χ1) is 26.1. The highest BCUT2D eigenvalue weighted by molar-refractivity contribution is 6.13. The minimum atomic E-state index is -0.0928. The molecule has 10 aromatic rings. The van der Waals surface area contributed by atoms with E-state index in [1.165, 1.54) is 93.8 Å². The van der Waals surface area contributed by atoms with Gasteiger partial charge >= 0.3 is 0 Å². The van der Waals surface area contributed by atoms with Crippen molar-refractivity contribution in [3.05, 3.63) is 193 Å². The maximum absolute atomic E-state index is 2.51. The molecule has 250 valence electrons. The maximum Gasteiger partial charge on any atom is 0.0544 e. The van der Waals surface area contributed by atoms with Crippen LogP contribution in [0.15, 0.2) is 182 Å². The van der Waals surface area contributed by atoms with Crippen LogP contribution in [0.3, 0.4) is 0 Å². The number of rotatable bonds is 4. The van der Waals surface area contributed by atoms with Gasteiger partial charge in [-0.2, -0.15) is 0 Å². The van der Waals surface area contributed by atoms with Gasteiger partial charge in [-0.05, 0) is 93.5 Å². The van der Waals surface area contributed by atoms with Gasteiger partial charge in [0.05, 0.1) is 27.8 Å². The number of benzene rings is 8. The van der Waals surface area contributed by atoms with Crippen molar-refractivity contribution in [3.8, 4) is 44.8 Å². The SMILES string of the molecule is CC1(C)c2ccccc2-c2cc3c4ccccc4n(-c4ccc(-n5c6ccccc6c6cc(-c7ccccc7)ccc65)cc4-c4ccccc4)c3cc21. The fourth-order valence-electron chi connectivity index (χ4n) is 9.19. The second-order valence-corrected chi connectivity index (χ2v) is 15.0. The molecule has 0 bridgehead atoms. The maximum atomic E-state index is 2.51. The highest BCUT2D eigenvalue weighted by Crippen LogP contribution is 2.51. The molecule has 0 unspecified atom stereocenters. The Labute approximate surface area is 308 Å². The van der Waals surface area contributed by atoms with Gasteiger partial charge in [-0.25, -0.2) is 0 Å². The van der Waals surface area contributed by atoms with Crippen molar-refractivity contribution < 1.29 is 0 Å². The van der Waals surface area contributed by atoms with Crippen LogP contribution in [0.4, 0.5) is 0 Å². The second kappa shape index (κ2) is 11.2. The number of fused-ring (bicyclic) bond motifs is 9. The quantitative estimate of drug-likeness (QED) is 0.176. The Morgan fingerprint density at radius 3 is 1.70 bits per heavy atom. The lowest BCUT2D eigenvalue weighted by atomic mass is 9.82. The van der Waals surface area contributed by atoms with Gasteiger partial charge in [0.2, 0.25) is 0 Å². The topological polar surface area (TPSA) is 9.86 Å². The molecule has 1 aliphatic rings. The first kappa shape index (κ1) is 30.0. The van der Waals surface area contributed by atoms with Gasteiger partial charge in [0, 0.05) is 38.2 Å². The van der Waals surface area contributed by atoms with E-state index in [0.29, 0.717) is 0 Å². The fraction of sp³-hybridized carbons (Fsp3) is 0.0588. The van der Waals surface area contributed by atoms with Crippen molar-refractivity contribution in [2.24, 2.45) is 0 Å². The Hall–Kier alpha value is -6.64. The summed E-state index contributed by atoms with van der Waals surface area (Å²) in [5.41, 5.74) is 17.4. The van der Waals surface area contributed by atoms with E-state index in [-0.39, 0.29) is 5.41 Å². The van der Waals surface area contributed by atoms with Crippen LogP contribution >= 0.6 is 0 Å². The lowest BCUT2D eigenvalue weighted by molar-refractivity contribution is 0.661. The van der Waals surface area contributed by atoms with E-state index < -0.39 is 0 Å². The van der Waals surface area contributed by atoms with Crippen molar-refractivity contribution in [2.75, 3.05) is 0 Å². The average Bonchev–Trinajstić information content (AvgIpc) is 3.80. The number of hydrogen-bond donors (Lipinski definition) is 0. The van der Waals surface area contributed by atoms with Gasteiger partial charge < -0.3 is 9.13 Å². The zero-order valence-corrected chi connectivity index (χ0v) is 29.7. The third kappa shape index (κ3) is 4.33. The average molecular weight is 677 g/mol. The molecule has 11 rings (SSSR count). The third-order valence-electron chi connectivity index (χ3n) is 11.7. The molecule has 53 heavy (non-hydrogen) atoms. The van der Waals surface area contributed by atoms with E-state index in [4.69, 9.17) is 0 Å². The Bertz CT molecular complexity index is 3070. The lowest BCUT2D eigenvalue weighted by Crippen LogP contribution is -2.15. The monoisotopic (exact) mass is 676 g/mol. The molecular weight excluding hydrogens is 641 g/mol. The summed E-state index contributed by atoms with van der Waals surface area (Å²) in [6.07, 6.45) is 0. The first-order valence-corrected chi connectivity index (χ1v) is 18.5. The normalized spacial score (nSPS) is 13.2. The first-order valence-electron chi connectivity index (χ1n) is 18.5. The molecule has 0 fully saturated rings. The van der Waals surface area contributed by atoms with E-state index >= 15 is 0 Å². The van der Waals surface area contributed by atoms with Crippen LogP contribution in [0, 0.1) is 0 Å². The van der Waals surface area contributed by atoms with Gasteiger partial charge in [0.1, 0.15) is 0 Å².